The zero-order valence-electron chi connectivity index (χ0n) is 14.3. The number of rotatable bonds is 8. The first-order chi connectivity index (χ1) is 10.4. The minimum atomic E-state index is -2.97. The van der Waals surface area contributed by atoms with Crippen molar-refractivity contribution in [3.05, 3.63) is 21.9 Å². The molecule has 0 spiro atoms. The van der Waals surface area contributed by atoms with Gasteiger partial charge < -0.3 is 10.6 Å². The van der Waals surface area contributed by atoms with E-state index in [2.05, 4.69) is 41.6 Å². The third-order valence-corrected chi connectivity index (χ3v) is 5.85. The average molecular weight is 473 g/mol. The van der Waals surface area contributed by atoms with Crippen molar-refractivity contribution in [3.8, 4) is 0 Å². The van der Waals surface area contributed by atoms with Gasteiger partial charge in [-0.25, -0.2) is 8.42 Å². The summed E-state index contributed by atoms with van der Waals surface area (Å²) >= 11 is 1.80. The molecular weight excluding hydrogens is 445 g/mol. The summed E-state index contributed by atoms with van der Waals surface area (Å²) in [6.45, 7) is 8.89. The molecule has 0 amide bonds. The SMILES string of the molecule is CCNC(=NCCS(=O)(=O)CC)NC(C)Cc1ccc(C)s1.I. The Bertz CT molecular complexity index is 585. The Labute approximate surface area is 161 Å². The van der Waals surface area contributed by atoms with Gasteiger partial charge in [0.25, 0.3) is 0 Å². The van der Waals surface area contributed by atoms with Crippen LogP contribution in [-0.4, -0.2) is 45.0 Å². The molecule has 0 bridgehead atoms. The van der Waals surface area contributed by atoms with Crippen LogP contribution in [0.25, 0.3) is 0 Å². The highest BCUT2D eigenvalue weighted by atomic mass is 127. The molecule has 2 N–H and O–H groups in total. The summed E-state index contributed by atoms with van der Waals surface area (Å²) in [5.41, 5.74) is 0. The lowest BCUT2D eigenvalue weighted by Crippen LogP contribution is -2.43. The van der Waals surface area contributed by atoms with Crippen molar-refractivity contribution in [2.45, 2.75) is 40.2 Å². The second-order valence-corrected chi connectivity index (χ2v) is 9.10. The molecule has 134 valence electrons. The molecule has 1 heterocycles. The molecule has 0 saturated carbocycles. The number of nitrogens with one attached hydrogen (secondary N) is 2. The van der Waals surface area contributed by atoms with Crippen LogP contribution < -0.4 is 10.6 Å². The van der Waals surface area contributed by atoms with Crippen molar-refractivity contribution in [1.29, 1.82) is 0 Å². The number of nitrogens with zero attached hydrogens (tertiary/aromatic N) is 1. The van der Waals surface area contributed by atoms with Gasteiger partial charge in [0.1, 0.15) is 0 Å². The highest BCUT2D eigenvalue weighted by Gasteiger charge is 2.09. The summed E-state index contributed by atoms with van der Waals surface area (Å²) in [6, 6.07) is 4.51. The van der Waals surface area contributed by atoms with Crippen LogP contribution in [-0.2, 0) is 16.3 Å². The normalized spacial score (nSPS) is 13.3. The van der Waals surface area contributed by atoms with Crippen LogP contribution in [0.2, 0.25) is 0 Å². The number of thiophene rings is 1. The van der Waals surface area contributed by atoms with Gasteiger partial charge in [-0.2, -0.15) is 0 Å². The smallest absolute Gasteiger partial charge is 0.191 e. The van der Waals surface area contributed by atoms with E-state index in [1.165, 1.54) is 9.75 Å². The molecule has 1 aromatic heterocycles. The van der Waals surface area contributed by atoms with E-state index in [0.717, 1.165) is 13.0 Å². The third-order valence-electron chi connectivity index (χ3n) is 3.14. The van der Waals surface area contributed by atoms with Gasteiger partial charge in [-0.15, -0.1) is 35.3 Å². The molecule has 0 saturated heterocycles. The van der Waals surface area contributed by atoms with Crippen LogP contribution in [0.1, 0.15) is 30.5 Å². The molecule has 0 aliphatic carbocycles. The molecule has 5 nitrogen and oxygen atoms in total. The van der Waals surface area contributed by atoms with E-state index in [9.17, 15) is 8.42 Å². The minimum Gasteiger partial charge on any atom is -0.357 e. The number of aryl methyl sites for hydroxylation is 1. The Morgan fingerprint density at radius 2 is 2.04 bits per heavy atom. The van der Waals surface area contributed by atoms with Gasteiger partial charge in [0.15, 0.2) is 15.8 Å². The molecule has 0 aromatic carbocycles. The molecule has 0 radical (unpaired) electrons. The summed E-state index contributed by atoms with van der Waals surface area (Å²) in [4.78, 5) is 7.00. The van der Waals surface area contributed by atoms with Gasteiger partial charge in [0.05, 0.1) is 12.3 Å². The Morgan fingerprint density at radius 1 is 1.35 bits per heavy atom. The number of aliphatic imine (C=N–C) groups is 1. The summed E-state index contributed by atoms with van der Waals surface area (Å²) in [6.07, 6.45) is 0.927. The van der Waals surface area contributed by atoms with Crippen molar-refractivity contribution in [2.24, 2.45) is 4.99 Å². The number of halogens is 1. The second-order valence-electron chi connectivity index (χ2n) is 5.26. The summed E-state index contributed by atoms with van der Waals surface area (Å²) in [7, 11) is -2.97. The van der Waals surface area contributed by atoms with Crippen molar-refractivity contribution >= 4 is 51.1 Å². The largest absolute Gasteiger partial charge is 0.357 e. The average Bonchev–Trinajstić information content (AvgIpc) is 2.84. The maximum absolute atomic E-state index is 11.5. The van der Waals surface area contributed by atoms with E-state index in [4.69, 9.17) is 0 Å². The van der Waals surface area contributed by atoms with Crippen LogP contribution in [0.15, 0.2) is 17.1 Å². The van der Waals surface area contributed by atoms with Crippen LogP contribution in [0.5, 0.6) is 0 Å². The molecule has 1 atom stereocenters. The van der Waals surface area contributed by atoms with Crippen LogP contribution >= 0.6 is 35.3 Å². The quantitative estimate of drug-likeness (QED) is 0.346. The fourth-order valence-electron chi connectivity index (χ4n) is 1.94. The van der Waals surface area contributed by atoms with Gasteiger partial charge in [-0.05, 0) is 32.9 Å². The summed E-state index contributed by atoms with van der Waals surface area (Å²) in [5.74, 6) is 0.939. The molecule has 1 aromatic rings. The highest BCUT2D eigenvalue weighted by molar-refractivity contribution is 14.0. The maximum atomic E-state index is 11.5. The van der Waals surface area contributed by atoms with Crippen molar-refractivity contribution in [2.75, 3.05) is 24.6 Å². The lowest BCUT2D eigenvalue weighted by atomic mass is 10.2. The minimum absolute atomic E-state index is 0. The van der Waals surface area contributed by atoms with E-state index in [0.29, 0.717) is 5.96 Å². The number of hydrogen-bond donors (Lipinski definition) is 2. The van der Waals surface area contributed by atoms with E-state index < -0.39 is 9.84 Å². The van der Waals surface area contributed by atoms with Gasteiger partial charge >= 0.3 is 0 Å². The number of sulfone groups is 1. The fraction of sp³-hybridized carbons (Fsp3) is 0.667. The van der Waals surface area contributed by atoms with Crippen LogP contribution in [0.3, 0.4) is 0 Å². The van der Waals surface area contributed by atoms with E-state index in [1.807, 2.05) is 6.92 Å². The van der Waals surface area contributed by atoms with Gasteiger partial charge in [0.2, 0.25) is 0 Å². The first-order valence-electron chi connectivity index (χ1n) is 7.67. The molecule has 0 aliphatic rings. The second kappa shape index (κ2) is 11.2. The predicted molar refractivity (Wildman–Crippen MR) is 111 cm³/mol. The summed E-state index contributed by atoms with van der Waals surface area (Å²) in [5, 5.41) is 6.49. The lowest BCUT2D eigenvalue weighted by Gasteiger charge is -2.17. The van der Waals surface area contributed by atoms with Gasteiger partial charge in [-0.1, -0.05) is 6.92 Å². The topological polar surface area (TPSA) is 70.6 Å². The molecular formula is C15H28IN3O2S2. The van der Waals surface area contributed by atoms with Crippen molar-refractivity contribution in [3.63, 3.8) is 0 Å². The zero-order chi connectivity index (χ0) is 16.6. The summed E-state index contributed by atoms with van der Waals surface area (Å²) < 4.78 is 23.0. The zero-order valence-corrected chi connectivity index (χ0v) is 18.2. The maximum Gasteiger partial charge on any atom is 0.191 e. The number of hydrogen-bond acceptors (Lipinski definition) is 4. The van der Waals surface area contributed by atoms with Crippen LogP contribution in [0.4, 0.5) is 0 Å². The Morgan fingerprint density at radius 3 is 2.57 bits per heavy atom. The van der Waals surface area contributed by atoms with E-state index >= 15 is 0 Å². The highest BCUT2D eigenvalue weighted by Crippen LogP contribution is 2.16. The molecule has 1 unspecified atom stereocenters. The number of guanidine groups is 1. The van der Waals surface area contributed by atoms with E-state index in [-0.39, 0.29) is 48.1 Å². The van der Waals surface area contributed by atoms with Crippen LogP contribution in [0, 0.1) is 6.92 Å². The Hall–Kier alpha value is -0.350. The monoisotopic (exact) mass is 473 g/mol. The molecule has 8 heteroatoms. The molecule has 23 heavy (non-hydrogen) atoms. The van der Waals surface area contributed by atoms with E-state index in [1.54, 1.807) is 18.3 Å². The fourth-order valence-corrected chi connectivity index (χ4v) is 3.62. The molecule has 0 aliphatic heterocycles. The first kappa shape index (κ1) is 22.6. The van der Waals surface area contributed by atoms with Crippen molar-refractivity contribution in [1.82, 2.24) is 10.6 Å². The predicted octanol–water partition coefficient (Wildman–Crippen LogP) is 2.60. The third kappa shape index (κ3) is 9.51. The molecule has 0 fully saturated rings. The van der Waals surface area contributed by atoms with Gasteiger partial charge in [0, 0.05) is 34.5 Å². The first-order valence-corrected chi connectivity index (χ1v) is 10.3. The van der Waals surface area contributed by atoms with Gasteiger partial charge in [-0.3, -0.25) is 4.99 Å². The van der Waals surface area contributed by atoms with Crippen molar-refractivity contribution < 1.29 is 8.42 Å². The Kier molecular flexibility index (Phi) is 11.1. The lowest BCUT2D eigenvalue weighted by molar-refractivity contribution is 0.597. The molecule has 1 rings (SSSR count). The Balaban J connectivity index is 0.00000484. The standard InChI is InChI=1S/C15H27N3O2S2.HI/c1-5-16-15(17-9-10-22(19,20)6-2)18-12(3)11-14-8-7-13(4)21-14;/h7-8,12H,5-6,9-11H2,1-4H3,(H2,16,17,18);1H.